The van der Waals surface area contributed by atoms with Gasteiger partial charge < -0.3 is 14.8 Å². The zero-order valence-electron chi connectivity index (χ0n) is 11.3. The van der Waals surface area contributed by atoms with Crippen LogP contribution in [0.5, 0.6) is 0 Å². The molecule has 0 fully saturated rings. The van der Waals surface area contributed by atoms with Crippen LogP contribution in [-0.4, -0.2) is 18.3 Å². The molecule has 3 nitrogen and oxygen atoms in total. The summed E-state index contributed by atoms with van der Waals surface area (Å²) in [6, 6.07) is 14.1. The lowest BCUT2D eigenvalue weighted by Gasteiger charge is -2.14. The molecule has 0 saturated heterocycles. The Bertz CT molecular complexity index is 479. The second-order valence-electron chi connectivity index (χ2n) is 4.64. The highest BCUT2D eigenvalue weighted by atomic mass is 16.3. The molecule has 3 heteroatoms. The van der Waals surface area contributed by atoms with Gasteiger partial charge in [-0.15, -0.1) is 0 Å². The van der Waals surface area contributed by atoms with Gasteiger partial charge >= 0.3 is 0 Å². The maximum absolute atomic E-state index is 9.46. The van der Waals surface area contributed by atoms with Gasteiger partial charge in [-0.05, 0) is 17.7 Å². The second kappa shape index (κ2) is 7.12. The van der Waals surface area contributed by atoms with Crippen molar-refractivity contribution in [2.24, 2.45) is 0 Å². The Hall–Kier alpha value is -1.58. The van der Waals surface area contributed by atoms with Gasteiger partial charge in [-0.25, -0.2) is 0 Å². The van der Waals surface area contributed by atoms with E-state index < -0.39 is 0 Å². The van der Waals surface area contributed by atoms with Crippen LogP contribution in [0.3, 0.4) is 0 Å². The standard InChI is InChI=1S/C16H21NO2/c1-2-15-8-9-16(19-15)11-17-10-14(12-18)13-6-4-3-5-7-13/h3-9,14,17-18H,2,10-12H2,1H3. The summed E-state index contributed by atoms with van der Waals surface area (Å²) in [5, 5.41) is 12.8. The van der Waals surface area contributed by atoms with E-state index in [-0.39, 0.29) is 12.5 Å². The lowest BCUT2D eigenvalue weighted by Crippen LogP contribution is -2.23. The normalized spacial score (nSPS) is 12.5. The first-order valence-corrected chi connectivity index (χ1v) is 6.77. The van der Waals surface area contributed by atoms with Crippen molar-refractivity contribution in [3.8, 4) is 0 Å². The van der Waals surface area contributed by atoms with E-state index in [0.717, 1.165) is 30.0 Å². The van der Waals surface area contributed by atoms with E-state index in [2.05, 4.69) is 12.2 Å². The fraction of sp³-hybridized carbons (Fsp3) is 0.375. The van der Waals surface area contributed by atoms with Crippen LogP contribution in [0.2, 0.25) is 0 Å². The Balaban J connectivity index is 1.83. The fourth-order valence-corrected chi connectivity index (χ4v) is 2.09. The monoisotopic (exact) mass is 259 g/mol. The number of aliphatic hydroxyl groups excluding tert-OH is 1. The molecule has 1 unspecified atom stereocenters. The van der Waals surface area contributed by atoms with Gasteiger partial charge in [-0.2, -0.15) is 0 Å². The summed E-state index contributed by atoms with van der Waals surface area (Å²) >= 11 is 0. The van der Waals surface area contributed by atoms with E-state index in [9.17, 15) is 5.11 Å². The fourth-order valence-electron chi connectivity index (χ4n) is 2.09. The molecule has 0 aliphatic heterocycles. The zero-order chi connectivity index (χ0) is 13.5. The van der Waals surface area contributed by atoms with Crippen LogP contribution in [0.1, 0.15) is 29.9 Å². The molecular weight excluding hydrogens is 238 g/mol. The highest BCUT2D eigenvalue weighted by molar-refractivity contribution is 5.20. The van der Waals surface area contributed by atoms with Crippen molar-refractivity contribution in [1.29, 1.82) is 0 Å². The third kappa shape index (κ3) is 3.94. The molecule has 102 valence electrons. The lowest BCUT2D eigenvalue weighted by molar-refractivity contribution is 0.260. The average Bonchev–Trinajstić information content (AvgIpc) is 2.92. The van der Waals surface area contributed by atoms with Gasteiger partial charge in [0.1, 0.15) is 11.5 Å². The minimum atomic E-state index is 0.127. The van der Waals surface area contributed by atoms with Crippen LogP contribution >= 0.6 is 0 Å². The predicted molar refractivity (Wildman–Crippen MR) is 76.1 cm³/mol. The molecule has 19 heavy (non-hydrogen) atoms. The van der Waals surface area contributed by atoms with Crippen LogP contribution in [0.15, 0.2) is 46.9 Å². The van der Waals surface area contributed by atoms with Crippen molar-refractivity contribution < 1.29 is 9.52 Å². The molecule has 2 N–H and O–H groups in total. The first kappa shape index (κ1) is 13.8. The minimum Gasteiger partial charge on any atom is -0.465 e. The third-order valence-corrected chi connectivity index (χ3v) is 3.25. The van der Waals surface area contributed by atoms with Gasteiger partial charge in [0, 0.05) is 18.9 Å². The Labute approximate surface area is 114 Å². The largest absolute Gasteiger partial charge is 0.465 e. The SMILES string of the molecule is CCc1ccc(CNCC(CO)c2ccccc2)o1. The summed E-state index contributed by atoms with van der Waals surface area (Å²) < 4.78 is 5.63. The van der Waals surface area contributed by atoms with Crippen LogP contribution in [0.4, 0.5) is 0 Å². The zero-order valence-corrected chi connectivity index (χ0v) is 11.3. The summed E-state index contributed by atoms with van der Waals surface area (Å²) in [7, 11) is 0. The lowest BCUT2D eigenvalue weighted by atomic mass is 10.0. The summed E-state index contributed by atoms with van der Waals surface area (Å²) in [4.78, 5) is 0. The van der Waals surface area contributed by atoms with Gasteiger partial charge in [0.15, 0.2) is 0 Å². The van der Waals surface area contributed by atoms with E-state index in [1.165, 1.54) is 0 Å². The molecule has 0 aliphatic rings. The highest BCUT2D eigenvalue weighted by Crippen LogP contribution is 2.14. The van der Waals surface area contributed by atoms with Crippen LogP contribution < -0.4 is 5.32 Å². The number of furan rings is 1. The Morgan fingerprint density at radius 2 is 1.84 bits per heavy atom. The number of rotatable bonds is 7. The molecule has 0 saturated carbocycles. The summed E-state index contributed by atoms with van der Waals surface area (Å²) in [6.07, 6.45) is 0.920. The Morgan fingerprint density at radius 1 is 1.11 bits per heavy atom. The number of nitrogens with one attached hydrogen (secondary N) is 1. The van der Waals surface area contributed by atoms with E-state index >= 15 is 0 Å². The van der Waals surface area contributed by atoms with Crippen molar-refractivity contribution in [3.63, 3.8) is 0 Å². The van der Waals surface area contributed by atoms with Gasteiger partial charge in [-0.1, -0.05) is 37.3 Å². The molecule has 0 aliphatic carbocycles. The third-order valence-electron chi connectivity index (χ3n) is 3.25. The van der Waals surface area contributed by atoms with Gasteiger partial charge in [-0.3, -0.25) is 0 Å². The predicted octanol–water partition coefficient (Wildman–Crippen LogP) is 2.71. The first-order valence-electron chi connectivity index (χ1n) is 6.77. The van der Waals surface area contributed by atoms with Crippen molar-refractivity contribution in [1.82, 2.24) is 5.32 Å². The van der Waals surface area contributed by atoms with Gasteiger partial charge in [0.25, 0.3) is 0 Å². The molecule has 2 aromatic rings. The maximum Gasteiger partial charge on any atom is 0.117 e. The summed E-state index contributed by atoms with van der Waals surface area (Å²) in [5.41, 5.74) is 1.16. The Morgan fingerprint density at radius 3 is 2.47 bits per heavy atom. The molecule has 0 amide bonds. The smallest absolute Gasteiger partial charge is 0.117 e. The molecule has 0 spiro atoms. The van der Waals surface area contributed by atoms with Crippen LogP contribution in [0, 0.1) is 0 Å². The summed E-state index contributed by atoms with van der Waals surface area (Å²) in [6.45, 7) is 3.66. The summed E-state index contributed by atoms with van der Waals surface area (Å²) in [5.74, 6) is 2.09. The molecular formula is C16H21NO2. The quantitative estimate of drug-likeness (QED) is 0.803. The highest BCUT2D eigenvalue weighted by Gasteiger charge is 2.09. The van der Waals surface area contributed by atoms with Crippen molar-refractivity contribution in [3.05, 3.63) is 59.5 Å². The number of hydrogen-bond donors (Lipinski definition) is 2. The number of benzene rings is 1. The minimum absolute atomic E-state index is 0.127. The van der Waals surface area contributed by atoms with E-state index in [0.29, 0.717) is 6.54 Å². The van der Waals surface area contributed by atoms with E-state index in [1.807, 2.05) is 42.5 Å². The molecule has 1 aromatic heterocycles. The maximum atomic E-state index is 9.46. The number of aliphatic hydroxyl groups is 1. The Kier molecular flexibility index (Phi) is 5.19. The van der Waals surface area contributed by atoms with Gasteiger partial charge in [0.05, 0.1) is 13.2 Å². The van der Waals surface area contributed by atoms with Crippen molar-refractivity contribution in [2.45, 2.75) is 25.8 Å². The molecule has 1 heterocycles. The topological polar surface area (TPSA) is 45.4 Å². The van der Waals surface area contributed by atoms with Crippen LogP contribution in [-0.2, 0) is 13.0 Å². The molecule has 0 radical (unpaired) electrons. The average molecular weight is 259 g/mol. The van der Waals surface area contributed by atoms with Crippen molar-refractivity contribution >= 4 is 0 Å². The number of aryl methyl sites for hydroxylation is 1. The molecule has 2 rings (SSSR count). The molecule has 1 aromatic carbocycles. The van der Waals surface area contributed by atoms with Gasteiger partial charge in [0.2, 0.25) is 0 Å². The van der Waals surface area contributed by atoms with Crippen molar-refractivity contribution in [2.75, 3.05) is 13.2 Å². The molecule has 0 bridgehead atoms. The molecule has 1 atom stereocenters. The first-order chi connectivity index (χ1) is 9.33. The van der Waals surface area contributed by atoms with E-state index in [4.69, 9.17) is 4.42 Å². The van der Waals surface area contributed by atoms with E-state index in [1.54, 1.807) is 0 Å². The second-order valence-corrected chi connectivity index (χ2v) is 4.64. The van der Waals surface area contributed by atoms with Crippen LogP contribution in [0.25, 0.3) is 0 Å². The number of hydrogen-bond acceptors (Lipinski definition) is 3.